The predicted molar refractivity (Wildman–Crippen MR) is 77.0 cm³/mol. The van der Waals surface area contributed by atoms with Crippen molar-refractivity contribution < 1.29 is 12.6 Å². The van der Waals surface area contributed by atoms with Crippen molar-refractivity contribution in [1.82, 2.24) is 4.90 Å². The maximum absolute atomic E-state index is 12.3. The van der Waals surface area contributed by atoms with E-state index in [2.05, 4.69) is 11.9 Å². The van der Waals surface area contributed by atoms with Crippen molar-refractivity contribution in [3.8, 4) is 0 Å². The third kappa shape index (κ3) is 2.62. The summed E-state index contributed by atoms with van der Waals surface area (Å²) in [5.74, 6) is 0.338. The summed E-state index contributed by atoms with van der Waals surface area (Å²) in [7, 11) is -1.52. The van der Waals surface area contributed by atoms with Gasteiger partial charge in [-0.3, -0.25) is 4.18 Å². The normalized spacial score (nSPS) is 30.6. The lowest BCUT2D eigenvalue weighted by Crippen LogP contribution is -2.53. The SMILES string of the molecule is Cc1ccc(S(=O)(=O)O[C@H]2C[C@H]3CC[C@@H]2CN3C)cc1. The van der Waals surface area contributed by atoms with Crippen LogP contribution in [0.3, 0.4) is 0 Å². The van der Waals surface area contributed by atoms with E-state index in [1.165, 1.54) is 0 Å². The van der Waals surface area contributed by atoms with Crippen LogP contribution in [0.4, 0.5) is 0 Å². The summed E-state index contributed by atoms with van der Waals surface area (Å²) in [5, 5.41) is 0. The van der Waals surface area contributed by atoms with E-state index in [9.17, 15) is 8.42 Å². The molecule has 3 atom stereocenters. The summed E-state index contributed by atoms with van der Waals surface area (Å²) in [5.41, 5.74) is 1.04. The van der Waals surface area contributed by atoms with Gasteiger partial charge in [0.25, 0.3) is 10.1 Å². The van der Waals surface area contributed by atoms with E-state index in [0.29, 0.717) is 12.0 Å². The zero-order chi connectivity index (χ0) is 14.3. The Morgan fingerprint density at radius 2 is 1.90 bits per heavy atom. The Morgan fingerprint density at radius 3 is 2.45 bits per heavy atom. The molecule has 4 rings (SSSR count). The number of aryl methyl sites for hydroxylation is 1. The van der Waals surface area contributed by atoms with Gasteiger partial charge in [-0.25, -0.2) is 0 Å². The predicted octanol–water partition coefficient (Wildman–Crippen LogP) is 2.18. The molecule has 1 aromatic carbocycles. The highest BCUT2D eigenvalue weighted by atomic mass is 32.2. The van der Waals surface area contributed by atoms with Gasteiger partial charge in [-0.2, -0.15) is 8.42 Å². The van der Waals surface area contributed by atoms with E-state index in [1.54, 1.807) is 24.3 Å². The molecule has 0 aromatic heterocycles. The Labute approximate surface area is 120 Å². The third-order valence-corrected chi connectivity index (χ3v) is 5.96. The van der Waals surface area contributed by atoms with Gasteiger partial charge in [0.1, 0.15) is 0 Å². The number of hydrogen-bond acceptors (Lipinski definition) is 4. The van der Waals surface area contributed by atoms with Crippen molar-refractivity contribution in [3.63, 3.8) is 0 Å². The van der Waals surface area contributed by atoms with E-state index in [1.807, 2.05) is 6.92 Å². The molecule has 20 heavy (non-hydrogen) atoms. The number of rotatable bonds is 3. The van der Waals surface area contributed by atoms with Crippen LogP contribution in [0.25, 0.3) is 0 Å². The molecule has 2 saturated heterocycles. The molecule has 1 aromatic rings. The van der Waals surface area contributed by atoms with Crippen LogP contribution < -0.4 is 0 Å². The zero-order valence-electron chi connectivity index (χ0n) is 12.0. The van der Waals surface area contributed by atoms with Crippen molar-refractivity contribution in [3.05, 3.63) is 29.8 Å². The van der Waals surface area contributed by atoms with Gasteiger partial charge >= 0.3 is 0 Å². The van der Waals surface area contributed by atoms with Crippen molar-refractivity contribution >= 4 is 10.1 Å². The van der Waals surface area contributed by atoms with E-state index in [0.717, 1.165) is 31.4 Å². The Hall–Kier alpha value is -0.910. The van der Waals surface area contributed by atoms with Gasteiger partial charge in [-0.1, -0.05) is 17.7 Å². The van der Waals surface area contributed by atoms with Crippen LogP contribution in [0, 0.1) is 12.8 Å². The fourth-order valence-corrected chi connectivity index (χ4v) is 4.48. The second-order valence-electron chi connectivity index (χ2n) is 6.07. The second kappa shape index (κ2) is 5.13. The number of benzene rings is 1. The van der Waals surface area contributed by atoms with E-state index in [-0.39, 0.29) is 11.0 Å². The van der Waals surface area contributed by atoms with Gasteiger partial charge in [0.2, 0.25) is 0 Å². The first-order valence-corrected chi connectivity index (χ1v) is 8.57. The number of hydrogen-bond donors (Lipinski definition) is 0. The van der Waals surface area contributed by atoms with Crippen LogP contribution in [0.1, 0.15) is 24.8 Å². The molecule has 2 bridgehead atoms. The number of piperidine rings is 2. The molecule has 110 valence electrons. The lowest BCUT2D eigenvalue weighted by Gasteiger charge is -2.47. The molecule has 0 unspecified atom stereocenters. The lowest BCUT2D eigenvalue weighted by molar-refractivity contribution is -0.0216. The van der Waals surface area contributed by atoms with Crippen LogP contribution in [0.5, 0.6) is 0 Å². The monoisotopic (exact) mass is 295 g/mol. The summed E-state index contributed by atoms with van der Waals surface area (Å²) < 4.78 is 30.2. The highest BCUT2D eigenvalue weighted by molar-refractivity contribution is 7.86. The molecule has 5 heteroatoms. The first-order valence-electron chi connectivity index (χ1n) is 7.16. The maximum Gasteiger partial charge on any atom is 0.297 e. The van der Waals surface area contributed by atoms with Crippen LogP contribution in [-0.2, 0) is 14.3 Å². The molecule has 4 nitrogen and oxygen atoms in total. The Bertz CT molecular complexity index is 582. The fraction of sp³-hybridized carbons (Fsp3) is 0.600. The Kier molecular flexibility index (Phi) is 3.60. The second-order valence-corrected chi connectivity index (χ2v) is 7.64. The van der Waals surface area contributed by atoms with Crippen molar-refractivity contribution in [2.24, 2.45) is 5.92 Å². The minimum Gasteiger partial charge on any atom is -0.303 e. The Balaban J connectivity index is 1.76. The molecule has 1 aliphatic carbocycles. The standard InChI is InChI=1S/C15H21NO3S/c1-11-3-7-14(8-4-11)20(17,18)19-15-9-13-6-5-12(15)10-16(13)2/h3-4,7-8,12-13,15H,5-6,9-10H2,1-2H3/t12-,13-,15+/m1/s1. The molecule has 0 spiro atoms. The van der Waals surface area contributed by atoms with Gasteiger partial charge in [-0.05, 0) is 51.3 Å². The molecule has 2 aliphatic heterocycles. The molecular formula is C15H21NO3S. The average molecular weight is 295 g/mol. The third-order valence-electron chi connectivity index (χ3n) is 4.61. The van der Waals surface area contributed by atoms with Crippen molar-refractivity contribution in [1.29, 1.82) is 0 Å². The number of fused-ring (bicyclic) bond motifs is 3. The molecule has 3 aliphatic rings. The minimum absolute atomic E-state index is 0.156. The highest BCUT2D eigenvalue weighted by Crippen LogP contribution is 2.37. The van der Waals surface area contributed by atoms with E-state index in [4.69, 9.17) is 4.18 Å². The van der Waals surface area contributed by atoms with E-state index >= 15 is 0 Å². The van der Waals surface area contributed by atoms with Crippen LogP contribution >= 0.6 is 0 Å². The van der Waals surface area contributed by atoms with Crippen molar-refractivity contribution in [2.75, 3.05) is 13.6 Å². The molecular weight excluding hydrogens is 274 g/mol. The quantitative estimate of drug-likeness (QED) is 0.802. The summed E-state index contributed by atoms with van der Waals surface area (Å²) >= 11 is 0. The first-order chi connectivity index (χ1) is 9.45. The van der Waals surface area contributed by atoms with Gasteiger partial charge in [0, 0.05) is 12.6 Å². The summed E-state index contributed by atoms with van der Waals surface area (Å²) in [4.78, 5) is 2.59. The molecule has 0 radical (unpaired) electrons. The largest absolute Gasteiger partial charge is 0.303 e. The van der Waals surface area contributed by atoms with Gasteiger partial charge in [-0.15, -0.1) is 0 Å². The Morgan fingerprint density at radius 1 is 1.20 bits per heavy atom. The molecule has 1 saturated carbocycles. The average Bonchev–Trinajstić information content (AvgIpc) is 2.40. The first kappa shape index (κ1) is 14.0. The van der Waals surface area contributed by atoms with Crippen LogP contribution in [-0.4, -0.2) is 39.1 Å². The smallest absolute Gasteiger partial charge is 0.297 e. The topological polar surface area (TPSA) is 46.6 Å². The van der Waals surface area contributed by atoms with Crippen LogP contribution in [0.2, 0.25) is 0 Å². The van der Waals surface area contributed by atoms with Crippen molar-refractivity contribution in [2.45, 2.75) is 43.2 Å². The van der Waals surface area contributed by atoms with Crippen LogP contribution in [0.15, 0.2) is 29.2 Å². The maximum atomic E-state index is 12.3. The van der Waals surface area contributed by atoms with Gasteiger partial charge < -0.3 is 4.90 Å². The van der Waals surface area contributed by atoms with Gasteiger partial charge in [0.05, 0.1) is 11.0 Å². The molecule has 0 amide bonds. The number of nitrogens with zero attached hydrogens (tertiary/aromatic N) is 1. The van der Waals surface area contributed by atoms with E-state index < -0.39 is 10.1 Å². The van der Waals surface area contributed by atoms with Gasteiger partial charge in [0.15, 0.2) is 0 Å². The fourth-order valence-electron chi connectivity index (χ4n) is 3.34. The molecule has 2 heterocycles. The zero-order valence-corrected chi connectivity index (χ0v) is 12.8. The molecule has 0 N–H and O–H groups in total. The minimum atomic E-state index is -3.64. The lowest BCUT2D eigenvalue weighted by atomic mass is 9.78. The summed E-state index contributed by atoms with van der Waals surface area (Å²) in [6.07, 6.45) is 2.90. The summed E-state index contributed by atoms with van der Waals surface area (Å²) in [6, 6.07) is 7.32. The summed E-state index contributed by atoms with van der Waals surface area (Å²) in [6.45, 7) is 2.88. The molecule has 3 fully saturated rings. The highest BCUT2D eigenvalue weighted by Gasteiger charge is 2.41.